The lowest BCUT2D eigenvalue weighted by Gasteiger charge is -2.30. The van der Waals surface area contributed by atoms with E-state index in [0.29, 0.717) is 18.4 Å². The van der Waals surface area contributed by atoms with Gasteiger partial charge >= 0.3 is 0 Å². The summed E-state index contributed by atoms with van der Waals surface area (Å²) in [5.41, 5.74) is 0.334. The van der Waals surface area contributed by atoms with E-state index in [9.17, 15) is 21.2 Å². The van der Waals surface area contributed by atoms with Gasteiger partial charge in [-0.05, 0) is 43.5 Å². The number of aryl methyl sites for hydroxylation is 1. The Kier molecular flexibility index (Phi) is 4.90. The molecule has 0 spiro atoms. The quantitative estimate of drug-likeness (QED) is 0.872. The minimum absolute atomic E-state index is 0.0412. The summed E-state index contributed by atoms with van der Waals surface area (Å²) in [5, 5.41) is 0. The van der Waals surface area contributed by atoms with Crippen molar-refractivity contribution < 1.29 is 21.2 Å². The van der Waals surface area contributed by atoms with Crippen LogP contribution in [0.25, 0.3) is 0 Å². The van der Waals surface area contributed by atoms with Crippen LogP contribution in [0, 0.1) is 12.7 Å². The first-order chi connectivity index (χ1) is 10.1. The van der Waals surface area contributed by atoms with Crippen molar-refractivity contribution in [1.82, 2.24) is 9.03 Å². The fourth-order valence-corrected chi connectivity index (χ4v) is 4.91. The zero-order valence-electron chi connectivity index (χ0n) is 12.4. The van der Waals surface area contributed by atoms with E-state index in [-0.39, 0.29) is 24.0 Å². The molecule has 1 aromatic carbocycles. The van der Waals surface area contributed by atoms with E-state index in [4.69, 9.17) is 0 Å². The molecule has 1 fully saturated rings. The van der Waals surface area contributed by atoms with Gasteiger partial charge < -0.3 is 0 Å². The lowest BCUT2D eigenvalue weighted by molar-refractivity contribution is 0.310. The van der Waals surface area contributed by atoms with Gasteiger partial charge in [0.25, 0.3) is 0 Å². The van der Waals surface area contributed by atoms with Gasteiger partial charge in [0.15, 0.2) is 0 Å². The molecule has 1 heterocycles. The highest BCUT2D eigenvalue weighted by Crippen LogP contribution is 2.19. The molecule has 124 valence electrons. The third-order valence-corrected chi connectivity index (χ3v) is 6.66. The first kappa shape index (κ1) is 17.3. The van der Waals surface area contributed by atoms with E-state index in [1.54, 1.807) is 0 Å². The second-order valence-corrected chi connectivity index (χ2v) is 9.13. The minimum atomic E-state index is -3.74. The van der Waals surface area contributed by atoms with Gasteiger partial charge in [-0.1, -0.05) is 0 Å². The topological polar surface area (TPSA) is 83.6 Å². The number of rotatable bonds is 4. The number of hydrogen-bond donors (Lipinski definition) is 1. The average molecular weight is 350 g/mol. The zero-order valence-corrected chi connectivity index (χ0v) is 14.0. The van der Waals surface area contributed by atoms with Crippen molar-refractivity contribution >= 4 is 20.0 Å². The van der Waals surface area contributed by atoms with Gasteiger partial charge in [0, 0.05) is 19.1 Å². The number of hydrogen-bond acceptors (Lipinski definition) is 4. The molecule has 22 heavy (non-hydrogen) atoms. The summed E-state index contributed by atoms with van der Waals surface area (Å²) in [4.78, 5) is 0.0412. The Morgan fingerprint density at radius 2 is 1.77 bits per heavy atom. The maximum atomic E-state index is 13.1. The van der Waals surface area contributed by atoms with Crippen molar-refractivity contribution in [1.29, 1.82) is 0 Å². The average Bonchev–Trinajstić information content (AvgIpc) is 2.37. The third kappa shape index (κ3) is 4.03. The Hall–Kier alpha value is -1.03. The summed E-state index contributed by atoms with van der Waals surface area (Å²) in [5.74, 6) is -0.488. The van der Waals surface area contributed by atoms with E-state index in [1.165, 1.54) is 23.4 Å². The van der Waals surface area contributed by atoms with E-state index < -0.39 is 25.9 Å². The summed E-state index contributed by atoms with van der Waals surface area (Å²) < 4.78 is 64.5. The molecular weight excluding hydrogens is 331 g/mol. The van der Waals surface area contributed by atoms with Gasteiger partial charge in [-0.25, -0.2) is 30.3 Å². The summed E-state index contributed by atoms with van der Waals surface area (Å²) in [6, 6.07) is 3.18. The molecular formula is C13H19FN2O4S2. The first-order valence-corrected chi connectivity index (χ1v) is 10.2. The fraction of sp³-hybridized carbons (Fsp3) is 0.538. The first-order valence-electron chi connectivity index (χ1n) is 6.83. The predicted octanol–water partition coefficient (Wildman–Crippen LogP) is 0.836. The maximum Gasteiger partial charge on any atom is 0.241 e. The number of halogens is 1. The smallest absolute Gasteiger partial charge is 0.213 e. The van der Waals surface area contributed by atoms with E-state index in [1.807, 2.05) is 0 Å². The van der Waals surface area contributed by atoms with Crippen LogP contribution in [0.3, 0.4) is 0 Å². The van der Waals surface area contributed by atoms with E-state index in [2.05, 4.69) is 4.72 Å². The molecule has 1 saturated heterocycles. The lowest BCUT2D eigenvalue weighted by Crippen LogP contribution is -2.46. The number of piperidine rings is 1. The largest absolute Gasteiger partial charge is 0.241 e. The molecule has 1 aliphatic heterocycles. The van der Waals surface area contributed by atoms with Gasteiger partial charge in [-0.15, -0.1) is 0 Å². The van der Waals surface area contributed by atoms with Crippen molar-refractivity contribution in [2.24, 2.45) is 0 Å². The van der Waals surface area contributed by atoms with Crippen LogP contribution in [0.4, 0.5) is 4.39 Å². The molecule has 0 aliphatic carbocycles. The van der Waals surface area contributed by atoms with Gasteiger partial charge in [0.1, 0.15) is 5.82 Å². The van der Waals surface area contributed by atoms with Crippen LogP contribution in [0.15, 0.2) is 23.1 Å². The maximum absolute atomic E-state index is 13.1. The molecule has 9 heteroatoms. The van der Waals surface area contributed by atoms with Gasteiger partial charge in [-0.2, -0.15) is 0 Å². The highest BCUT2D eigenvalue weighted by Gasteiger charge is 2.28. The van der Waals surface area contributed by atoms with E-state index in [0.717, 1.165) is 12.3 Å². The van der Waals surface area contributed by atoms with Crippen LogP contribution in [0.2, 0.25) is 0 Å². The molecule has 1 N–H and O–H groups in total. The molecule has 0 unspecified atom stereocenters. The Labute approximate surface area is 130 Å². The normalized spacial score (nSPS) is 18.5. The number of sulfonamides is 2. The van der Waals surface area contributed by atoms with Crippen LogP contribution < -0.4 is 4.72 Å². The van der Waals surface area contributed by atoms with Crippen LogP contribution in [-0.4, -0.2) is 46.5 Å². The number of nitrogens with one attached hydrogen (secondary N) is 1. The van der Waals surface area contributed by atoms with Gasteiger partial charge in [-0.3, -0.25) is 0 Å². The molecule has 1 aromatic rings. The van der Waals surface area contributed by atoms with E-state index >= 15 is 0 Å². The Morgan fingerprint density at radius 3 is 2.27 bits per heavy atom. The van der Waals surface area contributed by atoms with Gasteiger partial charge in [0.05, 0.1) is 11.2 Å². The van der Waals surface area contributed by atoms with Crippen LogP contribution in [-0.2, 0) is 20.0 Å². The molecule has 6 nitrogen and oxygen atoms in total. The highest BCUT2D eigenvalue weighted by atomic mass is 32.2. The Morgan fingerprint density at radius 1 is 1.18 bits per heavy atom. The van der Waals surface area contributed by atoms with Crippen molar-refractivity contribution in [3.8, 4) is 0 Å². The monoisotopic (exact) mass is 350 g/mol. The number of nitrogens with zero attached hydrogens (tertiary/aromatic N) is 1. The summed E-state index contributed by atoms with van der Waals surface area (Å²) >= 11 is 0. The standard InChI is InChI=1S/C13H19FN2O4S2/c1-10-9-11(14)3-4-13(10)22(19,20)15-12-5-7-16(8-6-12)21(2,17)18/h3-4,9,12,15H,5-8H2,1-2H3. The lowest BCUT2D eigenvalue weighted by atomic mass is 10.1. The van der Waals surface area contributed by atoms with Gasteiger partial charge in [0.2, 0.25) is 20.0 Å². The summed E-state index contributed by atoms with van der Waals surface area (Å²) in [6.45, 7) is 2.10. The highest BCUT2D eigenvalue weighted by molar-refractivity contribution is 7.89. The molecule has 0 radical (unpaired) electrons. The summed E-state index contributed by atoms with van der Waals surface area (Å²) in [6.07, 6.45) is 1.96. The predicted molar refractivity (Wildman–Crippen MR) is 80.9 cm³/mol. The molecule has 0 saturated carbocycles. The van der Waals surface area contributed by atoms with Crippen molar-refractivity contribution in [3.05, 3.63) is 29.6 Å². The van der Waals surface area contributed by atoms with Crippen molar-refractivity contribution in [3.63, 3.8) is 0 Å². The van der Waals surface area contributed by atoms with Crippen molar-refractivity contribution in [2.75, 3.05) is 19.3 Å². The Bertz CT molecular complexity index is 754. The second kappa shape index (κ2) is 6.23. The fourth-order valence-electron chi connectivity index (χ4n) is 2.50. The molecule has 0 bridgehead atoms. The molecule has 2 rings (SSSR count). The van der Waals surface area contributed by atoms with Crippen molar-refractivity contribution in [2.45, 2.75) is 30.7 Å². The second-order valence-electron chi connectivity index (χ2n) is 5.47. The SMILES string of the molecule is Cc1cc(F)ccc1S(=O)(=O)NC1CCN(S(C)(=O)=O)CC1. The summed E-state index contributed by atoms with van der Waals surface area (Å²) in [7, 11) is -6.99. The molecule has 0 amide bonds. The minimum Gasteiger partial charge on any atom is -0.213 e. The van der Waals surface area contributed by atoms with Crippen LogP contribution in [0.5, 0.6) is 0 Å². The Balaban J connectivity index is 2.08. The van der Waals surface area contributed by atoms with Crippen LogP contribution in [0.1, 0.15) is 18.4 Å². The molecule has 0 aromatic heterocycles. The molecule has 0 atom stereocenters. The zero-order chi connectivity index (χ0) is 16.5. The number of benzene rings is 1. The molecule has 1 aliphatic rings. The van der Waals surface area contributed by atoms with Crippen LogP contribution >= 0.6 is 0 Å². The third-order valence-electron chi connectivity index (χ3n) is 3.67.